The number of aliphatic hydroxyl groups excluding tert-OH is 1. The Kier molecular flexibility index (Phi) is 5.00. The molecule has 0 amide bonds. The summed E-state index contributed by atoms with van der Waals surface area (Å²) in [6, 6.07) is -0.701. The summed E-state index contributed by atoms with van der Waals surface area (Å²) in [5, 5.41) is 9.12. The third-order valence-electron chi connectivity index (χ3n) is 3.89. The highest BCUT2D eigenvalue weighted by Gasteiger charge is 2.44. The lowest BCUT2D eigenvalue weighted by Gasteiger charge is -2.27. The summed E-state index contributed by atoms with van der Waals surface area (Å²) < 4.78 is 32.7. The normalized spacial score (nSPS) is 28.9. The second-order valence-electron chi connectivity index (χ2n) is 5.22. The summed E-state index contributed by atoms with van der Waals surface area (Å²) in [7, 11) is -3.64. The van der Waals surface area contributed by atoms with Gasteiger partial charge in [-0.2, -0.15) is 17.0 Å². The van der Waals surface area contributed by atoms with Gasteiger partial charge in [0.05, 0.1) is 6.61 Å². The van der Waals surface area contributed by atoms with Gasteiger partial charge in [0.1, 0.15) is 6.04 Å². The van der Waals surface area contributed by atoms with Crippen molar-refractivity contribution in [3.05, 3.63) is 0 Å². The second kappa shape index (κ2) is 6.38. The molecule has 7 nitrogen and oxygen atoms in total. The van der Waals surface area contributed by atoms with Crippen LogP contribution >= 0.6 is 0 Å². The van der Waals surface area contributed by atoms with Gasteiger partial charge in [0, 0.05) is 26.2 Å². The van der Waals surface area contributed by atoms with Crippen molar-refractivity contribution in [2.24, 2.45) is 5.92 Å². The van der Waals surface area contributed by atoms with Crippen molar-refractivity contribution in [3.63, 3.8) is 0 Å². The summed E-state index contributed by atoms with van der Waals surface area (Å²) in [5.74, 6) is -0.472. The highest BCUT2D eigenvalue weighted by atomic mass is 32.2. The van der Waals surface area contributed by atoms with Gasteiger partial charge in [-0.25, -0.2) is 0 Å². The second-order valence-corrected chi connectivity index (χ2v) is 7.10. The lowest BCUT2D eigenvalue weighted by molar-refractivity contribution is -0.146. The first-order valence-electron chi connectivity index (χ1n) is 7.05. The third kappa shape index (κ3) is 2.98. The third-order valence-corrected chi connectivity index (χ3v) is 5.91. The van der Waals surface area contributed by atoms with Gasteiger partial charge in [-0.1, -0.05) is 0 Å². The number of esters is 1. The van der Waals surface area contributed by atoms with Gasteiger partial charge in [-0.05, 0) is 32.1 Å². The van der Waals surface area contributed by atoms with Crippen molar-refractivity contribution < 1.29 is 23.1 Å². The fourth-order valence-corrected chi connectivity index (χ4v) is 4.70. The van der Waals surface area contributed by atoms with Crippen molar-refractivity contribution in [1.82, 2.24) is 8.61 Å². The van der Waals surface area contributed by atoms with Gasteiger partial charge < -0.3 is 9.84 Å². The molecule has 0 aliphatic carbocycles. The molecule has 2 atom stereocenters. The van der Waals surface area contributed by atoms with Crippen LogP contribution in [0.2, 0.25) is 0 Å². The van der Waals surface area contributed by atoms with E-state index in [0.29, 0.717) is 38.9 Å². The summed E-state index contributed by atoms with van der Waals surface area (Å²) in [6.07, 6.45) is 1.84. The van der Waals surface area contributed by atoms with Gasteiger partial charge in [0.25, 0.3) is 10.2 Å². The summed E-state index contributed by atoms with van der Waals surface area (Å²) in [4.78, 5) is 11.9. The molecule has 2 aliphatic heterocycles. The van der Waals surface area contributed by atoms with Gasteiger partial charge in [-0.15, -0.1) is 0 Å². The molecule has 0 aromatic carbocycles. The van der Waals surface area contributed by atoms with Crippen LogP contribution in [0.15, 0.2) is 0 Å². The largest absolute Gasteiger partial charge is 0.465 e. The molecule has 8 heteroatoms. The van der Waals surface area contributed by atoms with Crippen LogP contribution in [0.4, 0.5) is 0 Å². The first-order valence-corrected chi connectivity index (χ1v) is 8.44. The van der Waals surface area contributed by atoms with Crippen LogP contribution in [0.5, 0.6) is 0 Å². The molecule has 0 spiro atoms. The van der Waals surface area contributed by atoms with E-state index >= 15 is 0 Å². The number of ether oxygens (including phenoxy) is 1. The molecular weight excluding hydrogens is 284 g/mol. The minimum atomic E-state index is -3.64. The molecule has 1 N–H and O–H groups in total. The van der Waals surface area contributed by atoms with Crippen LogP contribution in [-0.4, -0.2) is 67.0 Å². The molecule has 2 unspecified atom stereocenters. The number of carbonyl (C=O) groups is 1. The Hall–Kier alpha value is -0.700. The molecule has 2 heterocycles. The molecule has 0 aromatic heterocycles. The number of nitrogens with zero attached hydrogens (tertiary/aromatic N) is 2. The van der Waals surface area contributed by atoms with E-state index in [2.05, 4.69) is 0 Å². The SMILES string of the molecule is CCOC(=O)C1CCCN1S(=O)(=O)N1CCC(CO)C1. The quantitative estimate of drug-likeness (QED) is 0.697. The predicted octanol–water partition coefficient (Wildman–Crippen LogP) is -0.427. The van der Waals surface area contributed by atoms with Gasteiger partial charge >= 0.3 is 5.97 Å². The number of hydrogen-bond donors (Lipinski definition) is 1. The summed E-state index contributed by atoms with van der Waals surface area (Å²) in [6.45, 7) is 3.03. The number of carbonyl (C=O) groups excluding carboxylic acids is 1. The standard InChI is InChI=1S/C12H22N2O5S/c1-2-19-12(16)11-4-3-6-14(11)20(17,18)13-7-5-10(8-13)9-15/h10-11,15H,2-9H2,1H3. The smallest absolute Gasteiger partial charge is 0.324 e. The zero-order valence-electron chi connectivity index (χ0n) is 11.7. The first kappa shape index (κ1) is 15.7. The van der Waals surface area contributed by atoms with E-state index in [9.17, 15) is 13.2 Å². The molecule has 116 valence electrons. The molecule has 2 aliphatic rings. The van der Waals surface area contributed by atoms with E-state index in [1.165, 1.54) is 8.61 Å². The molecule has 0 saturated carbocycles. The summed E-state index contributed by atoms with van der Waals surface area (Å²) >= 11 is 0. The van der Waals surface area contributed by atoms with E-state index in [-0.39, 0.29) is 19.1 Å². The topological polar surface area (TPSA) is 87.2 Å². The number of aliphatic hydroxyl groups is 1. The monoisotopic (exact) mass is 306 g/mol. The lowest BCUT2D eigenvalue weighted by Crippen LogP contribution is -2.48. The van der Waals surface area contributed by atoms with Crippen LogP contribution in [-0.2, 0) is 19.7 Å². The molecule has 2 saturated heterocycles. The summed E-state index contributed by atoms with van der Waals surface area (Å²) in [5.41, 5.74) is 0. The number of rotatable bonds is 5. The Bertz CT molecular complexity index is 453. The Balaban J connectivity index is 2.10. The Labute approximate surface area is 119 Å². The minimum Gasteiger partial charge on any atom is -0.465 e. The molecule has 20 heavy (non-hydrogen) atoms. The van der Waals surface area contributed by atoms with Crippen LogP contribution in [0.25, 0.3) is 0 Å². The van der Waals surface area contributed by atoms with Crippen molar-refractivity contribution in [1.29, 1.82) is 0 Å². The average molecular weight is 306 g/mol. The Morgan fingerprint density at radius 2 is 2.10 bits per heavy atom. The average Bonchev–Trinajstić information content (AvgIpc) is 3.08. The maximum Gasteiger partial charge on any atom is 0.324 e. The van der Waals surface area contributed by atoms with E-state index in [1.807, 2.05) is 0 Å². The first-order chi connectivity index (χ1) is 9.50. The molecule has 2 rings (SSSR count). The maximum atomic E-state index is 12.6. The zero-order valence-corrected chi connectivity index (χ0v) is 12.5. The van der Waals surface area contributed by atoms with E-state index in [0.717, 1.165) is 0 Å². The molecule has 0 bridgehead atoms. The van der Waals surface area contributed by atoms with Crippen LogP contribution < -0.4 is 0 Å². The molecule has 0 radical (unpaired) electrons. The van der Waals surface area contributed by atoms with Gasteiger partial charge in [0.2, 0.25) is 0 Å². The van der Waals surface area contributed by atoms with Crippen molar-refractivity contribution in [2.45, 2.75) is 32.2 Å². The highest BCUT2D eigenvalue weighted by Crippen LogP contribution is 2.28. The molecule has 2 fully saturated rings. The van der Waals surface area contributed by atoms with Crippen LogP contribution in [0.1, 0.15) is 26.2 Å². The maximum absolute atomic E-state index is 12.6. The zero-order chi connectivity index (χ0) is 14.8. The Morgan fingerprint density at radius 1 is 1.35 bits per heavy atom. The highest BCUT2D eigenvalue weighted by molar-refractivity contribution is 7.86. The number of hydrogen-bond acceptors (Lipinski definition) is 5. The lowest BCUT2D eigenvalue weighted by atomic mass is 10.1. The van der Waals surface area contributed by atoms with E-state index in [4.69, 9.17) is 9.84 Å². The van der Waals surface area contributed by atoms with Crippen molar-refractivity contribution >= 4 is 16.2 Å². The van der Waals surface area contributed by atoms with Crippen molar-refractivity contribution in [3.8, 4) is 0 Å². The molecule has 0 aromatic rings. The van der Waals surface area contributed by atoms with Gasteiger partial charge in [0.15, 0.2) is 0 Å². The van der Waals surface area contributed by atoms with Crippen LogP contribution in [0.3, 0.4) is 0 Å². The fourth-order valence-electron chi connectivity index (χ4n) is 2.79. The minimum absolute atomic E-state index is 0.00609. The molecular formula is C12H22N2O5S. The van der Waals surface area contributed by atoms with E-state index in [1.54, 1.807) is 6.92 Å². The van der Waals surface area contributed by atoms with Crippen LogP contribution in [0, 0.1) is 5.92 Å². The van der Waals surface area contributed by atoms with Gasteiger partial charge in [-0.3, -0.25) is 4.79 Å². The predicted molar refractivity (Wildman–Crippen MR) is 72.0 cm³/mol. The Morgan fingerprint density at radius 3 is 2.70 bits per heavy atom. The fraction of sp³-hybridized carbons (Fsp3) is 0.917. The van der Waals surface area contributed by atoms with Crippen molar-refractivity contribution in [2.75, 3.05) is 32.8 Å². The van der Waals surface area contributed by atoms with E-state index < -0.39 is 22.2 Å².